The molecule has 0 fully saturated rings. The number of nitrogens with zero attached hydrogens (tertiary/aromatic N) is 3. The van der Waals surface area contributed by atoms with Crippen molar-refractivity contribution in [2.45, 2.75) is 34.1 Å². The molecule has 3 rings (SSSR count). The van der Waals surface area contributed by atoms with E-state index in [0.717, 1.165) is 22.3 Å². The van der Waals surface area contributed by atoms with E-state index in [1.807, 2.05) is 32.2 Å². The van der Waals surface area contributed by atoms with Crippen molar-refractivity contribution in [3.8, 4) is 11.3 Å². The smallest absolute Gasteiger partial charge is 0.261 e. The Bertz CT molecular complexity index is 925. The summed E-state index contributed by atoms with van der Waals surface area (Å²) in [6, 6.07) is 4.82. The van der Waals surface area contributed by atoms with Crippen LogP contribution in [0.2, 0.25) is 0 Å². The Balaban J connectivity index is 0.00000117. The van der Waals surface area contributed by atoms with E-state index in [1.165, 1.54) is 17.4 Å². The third-order valence-corrected chi connectivity index (χ3v) is 4.59. The zero-order chi connectivity index (χ0) is 19.3. The first-order chi connectivity index (χ1) is 12.4. The van der Waals surface area contributed by atoms with Crippen molar-refractivity contribution >= 4 is 17.0 Å². The number of nitro benzene ring substituents is 1. The zero-order valence-electron chi connectivity index (χ0n) is 15.1. The van der Waals surface area contributed by atoms with Crippen LogP contribution in [-0.4, -0.2) is 14.9 Å². The van der Waals surface area contributed by atoms with Crippen LogP contribution in [0.4, 0.5) is 10.1 Å². The summed E-state index contributed by atoms with van der Waals surface area (Å²) >= 11 is 1.47. The van der Waals surface area contributed by atoms with Crippen molar-refractivity contribution in [1.82, 2.24) is 9.97 Å². The zero-order valence-corrected chi connectivity index (χ0v) is 15.9. The molecule has 0 saturated heterocycles. The van der Waals surface area contributed by atoms with Crippen molar-refractivity contribution in [2.24, 2.45) is 0 Å². The van der Waals surface area contributed by atoms with Crippen LogP contribution in [0.15, 0.2) is 36.0 Å². The number of aromatic nitrogens is 2. The molecule has 0 aliphatic carbocycles. The van der Waals surface area contributed by atoms with Gasteiger partial charge in [-0.2, -0.15) is 0 Å². The Morgan fingerprint density at radius 3 is 2.54 bits per heavy atom. The van der Waals surface area contributed by atoms with Gasteiger partial charge in [0, 0.05) is 35.2 Å². The van der Waals surface area contributed by atoms with Gasteiger partial charge in [0.05, 0.1) is 21.8 Å². The molecule has 7 heteroatoms. The van der Waals surface area contributed by atoms with Gasteiger partial charge in [0.15, 0.2) is 0 Å². The fourth-order valence-corrected chi connectivity index (χ4v) is 3.31. The van der Waals surface area contributed by atoms with Crippen LogP contribution in [0, 0.1) is 29.8 Å². The Hall–Kier alpha value is -2.67. The third kappa shape index (κ3) is 4.49. The molecule has 0 saturated carbocycles. The normalized spacial score (nSPS) is 10.2. The first-order valence-corrected chi connectivity index (χ1v) is 9.12. The Morgan fingerprint density at radius 2 is 1.88 bits per heavy atom. The Labute approximate surface area is 155 Å². The quantitative estimate of drug-likeness (QED) is 0.448. The topological polar surface area (TPSA) is 68.9 Å². The number of rotatable bonds is 4. The average molecular weight is 373 g/mol. The summed E-state index contributed by atoms with van der Waals surface area (Å²) in [6.45, 7) is 7.58. The molecular weight excluding hydrogens is 353 g/mol. The number of benzene rings is 1. The summed E-state index contributed by atoms with van der Waals surface area (Å²) in [5.41, 5.74) is 3.92. The fraction of sp³-hybridized carbons (Fsp3) is 0.263. The maximum absolute atomic E-state index is 13.3. The van der Waals surface area contributed by atoms with Gasteiger partial charge in [0.1, 0.15) is 5.82 Å². The summed E-state index contributed by atoms with van der Waals surface area (Å²) in [4.78, 5) is 19.0. The standard InChI is InChI=1S/C17H14FN3O2S.C2H6/c1-10-4-16(21(22)23)11(2)3-12(10)6-17-20-15(9-24-17)13-5-14(18)8-19-7-13;1-2/h3-5,7-9H,6H2,1-2H3;1-2H3. The summed E-state index contributed by atoms with van der Waals surface area (Å²) < 4.78 is 13.3. The Morgan fingerprint density at radius 1 is 1.15 bits per heavy atom. The van der Waals surface area contributed by atoms with E-state index in [9.17, 15) is 14.5 Å². The predicted octanol–water partition coefficient (Wildman–Crippen LogP) is 5.49. The summed E-state index contributed by atoms with van der Waals surface area (Å²) in [7, 11) is 0. The van der Waals surface area contributed by atoms with E-state index < -0.39 is 5.82 Å². The maximum atomic E-state index is 13.3. The van der Waals surface area contributed by atoms with Gasteiger partial charge in [-0.15, -0.1) is 11.3 Å². The third-order valence-electron chi connectivity index (χ3n) is 3.75. The largest absolute Gasteiger partial charge is 0.272 e. The van der Waals surface area contributed by atoms with E-state index >= 15 is 0 Å². The number of nitro groups is 1. The van der Waals surface area contributed by atoms with Gasteiger partial charge in [-0.05, 0) is 37.1 Å². The number of pyridine rings is 1. The molecule has 26 heavy (non-hydrogen) atoms. The van der Waals surface area contributed by atoms with E-state index in [-0.39, 0.29) is 10.6 Å². The molecule has 136 valence electrons. The van der Waals surface area contributed by atoms with E-state index in [2.05, 4.69) is 9.97 Å². The molecule has 0 radical (unpaired) electrons. The lowest BCUT2D eigenvalue weighted by Gasteiger charge is -2.06. The molecule has 5 nitrogen and oxygen atoms in total. The number of hydrogen-bond donors (Lipinski definition) is 0. The van der Waals surface area contributed by atoms with Crippen LogP contribution < -0.4 is 0 Å². The molecule has 0 aliphatic rings. The highest BCUT2D eigenvalue weighted by Crippen LogP contribution is 2.27. The molecule has 2 aromatic heterocycles. The van der Waals surface area contributed by atoms with Crippen LogP contribution in [0.3, 0.4) is 0 Å². The van der Waals surface area contributed by atoms with Crippen molar-refractivity contribution in [2.75, 3.05) is 0 Å². The van der Waals surface area contributed by atoms with Crippen molar-refractivity contribution < 1.29 is 9.31 Å². The average Bonchev–Trinajstić information content (AvgIpc) is 3.08. The second-order valence-electron chi connectivity index (χ2n) is 5.52. The number of aryl methyl sites for hydroxylation is 2. The number of hydrogen-bond acceptors (Lipinski definition) is 5. The van der Waals surface area contributed by atoms with Crippen LogP contribution >= 0.6 is 11.3 Å². The van der Waals surface area contributed by atoms with Gasteiger partial charge in [-0.1, -0.05) is 13.8 Å². The second kappa shape index (κ2) is 8.62. The minimum absolute atomic E-state index is 0.127. The molecule has 0 aliphatic heterocycles. The molecule has 0 unspecified atom stereocenters. The molecule has 0 N–H and O–H groups in total. The first-order valence-electron chi connectivity index (χ1n) is 8.24. The van der Waals surface area contributed by atoms with Crippen molar-refractivity contribution in [3.05, 3.63) is 73.6 Å². The van der Waals surface area contributed by atoms with Crippen LogP contribution in [0.5, 0.6) is 0 Å². The highest BCUT2D eigenvalue weighted by molar-refractivity contribution is 7.10. The predicted molar refractivity (Wildman–Crippen MR) is 102 cm³/mol. The molecule has 0 spiro atoms. The van der Waals surface area contributed by atoms with Crippen LogP contribution in [0.1, 0.15) is 35.5 Å². The molecule has 0 atom stereocenters. The number of halogens is 1. The van der Waals surface area contributed by atoms with Gasteiger partial charge >= 0.3 is 0 Å². The van der Waals surface area contributed by atoms with E-state index in [1.54, 1.807) is 19.2 Å². The lowest BCUT2D eigenvalue weighted by atomic mass is 10.0. The molecule has 0 bridgehead atoms. The van der Waals surface area contributed by atoms with Crippen molar-refractivity contribution in [3.63, 3.8) is 0 Å². The van der Waals surface area contributed by atoms with E-state index in [4.69, 9.17) is 0 Å². The van der Waals surface area contributed by atoms with Crippen molar-refractivity contribution in [1.29, 1.82) is 0 Å². The summed E-state index contributed by atoms with van der Waals surface area (Å²) in [5, 5.41) is 13.7. The first kappa shape index (κ1) is 19.7. The lowest BCUT2D eigenvalue weighted by molar-refractivity contribution is -0.385. The minimum Gasteiger partial charge on any atom is -0.261 e. The maximum Gasteiger partial charge on any atom is 0.272 e. The highest BCUT2D eigenvalue weighted by Gasteiger charge is 2.15. The minimum atomic E-state index is -0.399. The molecule has 3 aromatic rings. The van der Waals surface area contributed by atoms with Gasteiger partial charge in [0.25, 0.3) is 5.69 Å². The monoisotopic (exact) mass is 373 g/mol. The molecule has 0 amide bonds. The molecular formula is C19H20FN3O2S. The van der Waals surface area contributed by atoms with Gasteiger partial charge in [-0.25, -0.2) is 9.37 Å². The molecule has 2 heterocycles. The summed E-state index contributed by atoms with van der Waals surface area (Å²) in [6.07, 6.45) is 3.31. The SMILES string of the molecule is CC.Cc1cc([N+](=O)[O-])c(C)cc1Cc1nc(-c2cncc(F)c2)cs1. The van der Waals surface area contributed by atoms with Crippen LogP contribution in [-0.2, 0) is 6.42 Å². The van der Waals surface area contributed by atoms with E-state index in [0.29, 0.717) is 23.2 Å². The lowest BCUT2D eigenvalue weighted by Crippen LogP contribution is -1.98. The van der Waals surface area contributed by atoms with Gasteiger partial charge in [0.2, 0.25) is 0 Å². The molecule has 1 aromatic carbocycles. The number of thiazole rings is 1. The Kier molecular flexibility index (Phi) is 6.52. The van der Waals surface area contributed by atoms with Gasteiger partial charge < -0.3 is 0 Å². The van der Waals surface area contributed by atoms with Crippen LogP contribution in [0.25, 0.3) is 11.3 Å². The highest BCUT2D eigenvalue weighted by atomic mass is 32.1. The fourth-order valence-electron chi connectivity index (χ4n) is 2.49. The second-order valence-corrected chi connectivity index (χ2v) is 6.46. The van der Waals surface area contributed by atoms with Gasteiger partial charge in [-0.3, -0.25) is 15.1 Å². The summed E-state index contributed by atoms with van der Waals surface area (Å²) in [5.74, 6) is -0.399.